The number of amides is 1. The molecule has 0 spiro atoms. The lowest BCUT2D eigenvalue weighted by atomic mass is 10.1. The lowest BCUT2D eigenvalue weighted by Gasteiger charge is -2.12. The summed E-state index contributed by atoms with van der Waals surface area (Å²) in [7, 11) is -3.38. The van der Waals surface area contributed by atoms with Gasteiger partial charge in [0.1, 0.15) is 0 Å². The summed E-state index contributed by atoms with van der Waals surface area (Å²) in [5.74, 6) is -0.310. The summed E-state index contributed by atoms with van der Waals surface area (Å²) in [5, 5.41) is 3.23. The van der Waals surface area contributed by atoms with Crippen molar-refractivity contribution in [1.82, 2.24) is 0 Å². The molecule has 4 nitrogen and oxygen atoms in total. The minimum absolute atomic E-state index is 0.0348. The molecule has 0 saturated carbocycles. The van der Waals surface area contributed by atoms with E-state index < -0.39 is 9.84 Å². The van der Waals surface area contributed by atoms with Crippen LogP contribution in [-0.4, -0.2) is 20.6 Å². The van der Waals surface area contributed by atoms with Crippen LogP contribution in [0.4, 0.5) is 5.69 Å². The number of carbonyl (C=O) groups excluding carboxylic acids is 1. The van der Waals surface area contributed by atoms with Gasteiger partial charge in [0.15, 0.2) is 9.84 Å². The molecular formula is C17H18ClNO3S. The van der Waals surface area contributed by atoms with Crippen molar-refractivity contribution in [3.05, 3.63) is 58.1 Å². The third kappa shape index (κ3) is 4.33. The fourth-order valence-corrected chi connectivity index (χ4v) is 3.75. The average molecular weight is 352 g/mol. The van der Waals surface area contributed by atoms with Gasteiger partial charge < -0.3 is 5.32 Å². The van der Waals surface area contributed by atoms with Crippen molar-refractivity contribution in [2.24, 2.45) is 0 Å². The number of carbonyl (C=O) groups is 1. The van der Waals surface area contributed by atoms with Crippen LogP contribution in [0.3, 0.4) is 0 Å². The molecule has 0 atom stereocenters. The minimum atomic E-state index is -3.38. The summed E-state index contributed by atoms with van der Waals surface area (Å²) in [4.78, 5) is 12.5. The van der Waals surface area contributed by atoms with Crippen molar-refractivity contribution in [1.29, 1.82) is 0 Å². The van der Waals surface area contributed by atoms with Gasteiger partial charge in [0.25, 0.3) is 0 Å². The van der Waals surface area contributed by atoms with Gasteiger partial charge in [-0.05, 0) is 42.7 Å². The highest BCUT2D eigenvalue weighted by Gasteiger charge is 2.16. The third-order valence-corrected chi connectivity index (χ3v) is 4.91. The molecule has 2 aromatic rings. The maximum absolute atomic E-state index is 12.3. The highest BCUT2D eigenvalue weighted by atomic mass is 35.5. The molecule has 23 heavy (non-hydrogen) atoms. The fourth-order valence-electron chi connectivity index (χ4n) is 2.44. The van der Waals surface area contributed by atoms with Gasteiger partial charge in [0, 0.05) is 6.26 Å². The number of aryl methyl sites for hydroxylation is 2. The maximum atomic E-state index is 12.3. The molecule has 0 heterocycles. The molecule has 122 valence electrons. The largest absolute Gasteiger partial charge is 0.324 e. The molecule has 0 bridgehead atoms. The van der Waals surface area contributed by atoms with E-state index in [-0.39, 0.29) is 17.2 Å². The summed E-state index contributed by atoms with van der Waals surface area (Å²) in [5.41, 5.74) is 2.89. The summed E-state index contributed by atoms with van der Waals surface area (Å²) in [6.07, 6.45) is 1.09. The van der Waals surface area contributed by atoms with E-state index in [1.807, 2.05) is 19.9 Å². The zero-order valence-corrected chi connectivity index (χ0v) is 14.8. The van der Waals surface area contributed by atoms with Crippen LogP contribution in [0, 0.1) is 13.8 Å². The van der Waals surface area contributed by atoms with Gasteiger partial charge in [0.05, 0.1) is 22.0 Å². The molecule has 2 rings (SSSR count). The molecule has 1 N–H and O–H groups in total. The highest BCUT2D eigenvalue weighted by molar-refractivity contribution is 7.90. The number of sulfone groups is 1. The van der Waals surface area contributed by atoms with Crippen LogP contribution >= 0.6 is 11.6 Å². The predicted octanol–water partition coefficient (Wildman–Crippen LogP) is 3.54. The number of hydrogen-bond donors (Lipinski definition) is 1. The topological polar surface area (TPSA) is 63.2 Å². The Morgan fingerprint density at radius 3 is 2.43 bits per heavy atom. The van der Waals surface area contributed by atoms with Crippen molar-refractivity contribution < 1.29 is 13.2 Å². The standard InChI is InChI=1S/C17H18ClNO3S/c1-11-8-12(2)17(14(18)9-11)19-16(20)10-13-6-4-5-7-15(13)23(3,21)22/h4-9H,10H2,1-3H3,(H,19,20). The molecular weight excluding hydrogens is 334 g/mol. The van der Waals surface area contributed by atoms with Gasteiger partial charge in [-0.1, -0.05) is 35.9 Å². The van der Waals surface area contributed by atoms with Gasteiger partial charge in [-0.15, -0.1) is 0 Å². The number of benzene rings is 2. The zero-order valence-electron chi connectivity index (χ0n) is 13.2. The van der Waals surface area contributed by atoms with E-state index in [2.05, 4.69) is 5.32 Å². The molecule has 0 aliphatic rings. The summed E-state index contributed by atoms with van der Waals surface area (Å²) in [6, 6.07) is 10.2. The number of anilines is 1. The first-order chi connectivity index (χ1) is 10.7. The monoisotopic (exact) mass is 351 g/mol. The fraction of sp³-hybridized carbons (Fsp3) is 0.235. The third-order valence-electron chi connectivity index (χ3n) is 3.42. The molecule has 0 aliphatic carbocycles. The second-order valence-electron chi connectivity index (χ2n) is 5.54. The van der Waals surface area contributed by atoms with Crippen molar-refractivity contribution in [3.63, 3.8) is 0 Å². The first-order valence-corrected chi connectivity index (χ1v) is 9.30. The SMILES string of the molecule is Cc1cc(C)c(NC(=O)Cc2ccccc2S(C)(=O)=O)c(Cl)c1. The lowest BCUT2D eigenvalue weighted by Crippen LogP contribution is -2.17. The van der Waals surface area contributed by atoms with Crippen molar-refractivity contribution in [3.8, 4) is 0 Å². The Bertz CT molecular complexity index is 837. The Labute approximate surface area is 141 Å². The first kappa shape index (κ1) is 17.5. The van der Waals surface area contributed by atoms with Gasteiger partial charge in [0.2, 0.25) is 5.91 Å². The van der Waals surface area contributed by atoms with E-state index in [0.29, 0.717) is 16.3 Å². The minimum Gasteiger partial charge on any atom is -0.324 e. The Balaban J connectivity index is 2.25. The molecule has 0 saturated heterocycles. The van der Waals surface area contributed by atoms with Gasteiger partial charge in [-0.2, -0.15) is 0 Å². The van der Waals surface area contributed by atoms with E-state index in [1.165, 1.54) is 6.07 Å². The molecule has 1 amide bonds. The van der Waals surface area contributed by atoms with E-state index in [0.717, 1.165) is 17.4 Å². The van der Waals surface area contributed by atoms with Crippen molar-refractivity contribution >= 4 is 33.0 Å². The number of halogens is 1. The first-order valence-electron chi connectivity index (χ1n) is 7.03. The van der Waals surface area contributed by atoms with Crippen LogP contribution in [0.5, 0.6) is 0 Å². The van der Waals surface area contributed by atoms with Crippen molar-refractivity contribution in [2.75, 3.05) is 11.6 Å². The predicted molar refractivity (Wildman–Crippen MR) is 92.8 cm³/mol. The van der Waals surface area contributed by atoms with E-state index in [4.69, 9.17) is 11.6 Å². The number of nitrogens with one attached hydrogen (secondary N) is 1. The Morgan fingerprint density at radius 2 is 1.83 bits per heavy atom. The van der Waals surface area contributed by atoms with Crippen LogP contribution < -0.4 is 5.32 Å². The molecule has 0 unspecified atom stereocenters. The highest BCUT2D eigenvalue weighted by Crippen LogP contribution is 2.27. The normalized spacial score (nSPS) is 11.3. The number of hydrogen-bond acceptors (Lipinski definition) is 3. The van der Waals surface area contributed by atoms with Crippen LogP contribution in [0.15, 0.2) is 41.3 Å². The summed E-state index contributed by atoms with van der Waals surface area (Å²) < 4.78 is 23.6. The van der Waals surface area contributed by atoms with Gasteiger partial charge in [-0.25, -0.2) is 8.42 Å². The van der Waals surface area contributed by atoms with Gasteiger partial charge >= 0.3 is 0 Å². The molecule has 2 aromatic carbocycles. The Morgan fingerprint density at radius 1 is 1.17 bits per heavy atom. The molecule has 6 heteroatoms. The van der Waals surface area contributed by atoms with E-state index >= 15 is 0 Å². The molecule has 0 aromatic heterocycles. The zero-order chi connectivity index (χ0) is 17.2. The number of rotatable bonds is 4. The van der Waals surface area contributed by atoms with Crippen LogP contribution in [0.2, 0.25) is 5.02 Å². The van der Waals surface area contributed by atoms with Crippen LogP contribution in [0.25, 0.3) is 0 Å². The smallest absolute Gasteiger partial charge is 0.228 e. The van der Waals surface area contributed by atoms with E-state index in [9.17, 15) is 13.2 Å². The van der Waals surface area contributed by atoms with E-state index in [1.54, 1.807) is 24.3 Å². The quantitative estimate of drug-likeness (QED) is 0.916. The molecule has 0 fully saturated rings. The molecule has 0 aliphatic heterocycles. The van der Waals surface area contributed by atoms with Crippen LogP contribution in [-0.2, 0) is 21.1 Å². The Hall–Kier alpha value is -1.85. The average Bonchev–Trinajstić information content (AvgIpc) is 2.42. The lowest BCUT2D eigenvalue weighted by molar-refractivity contribution is -0.115. The second kappa shape index (κ2) is 6.72. The summed E-state index contributed by atoms with van der Waals surface area (Å²) >= 11 is 6.18. The summed E-state index contributed by atoms with van der Waals surface area (Å²) in [6.45, 7) is 3.78. The van der Waals surface area contributed by atoms with Crippen molar-refractivity contribution in [2.45, 2.75) is 25.2 Å². The second-order valence-corrected chi connectivity index (χ2v) is 7.93. The van der Waals surface area contributed by atoms with Crippen LogP contribution in [0.1, 0.15) is 16.7 Å². The maximum Gasteiger partial charge on any atom is 0.228 e. The van der Waals surface area contributed by atoms with Gasteiger partial charge in [-0.3, -0.25) is 4.79 Å². The Kier molecular flexibility index (Phi) is 5.12. The molecule has 0 radical (unpaired) electrons.